The molecular weight excluding hydrogens is 216 g/mol. The number of nitrogens with two attached hydrogens (primary N) is 1. The van der Waals surface area contributed by atoms with Crippen molar-refractivity contribution in [3.8, 4) is 0 Å². The third-order valence-corrected chi connectivity index (χ3v) is 3.53. The van der Waals surface area contributed by atoms with Gasteiger partial charge in [-0.05, 0) is 25.7 Å². The number of epoxide rings is 1. The van der Waals surface area contributed by atoms with Crippen molar-refractivity contribution < 1.29 is 18.3 Å². The first-order chi connectivity index (χ1) is 7.32. The molecular formula is C11H17F2NO2. The number of ether oxygens (including phenoxy) is 1. The van der Waals surface area contributed by atoms with Gasteiger partial charge in [-0.25, -0.2) is 8.78 Å². The summed E-state index contributed by atoms with van der Waals surface area (Å²) in [6, 6.07) is -0.661. The fraction of sp³-hybridized carbons (Fsp3) is 0.909. The Morgan fingerprint density at radius 1 is 1.62 bits per heavy atom. The summed E-state index contributed by atoms with van der Waals surface area (Å²) in [5, 5.41) is 0. The molecule has 1 saturated carbocycles. The van der Waals surface area contributed by atoms with E-state index >= 15 is 0 Å². The zero-order valence-corrected chi connectivity index (χ0v) is 9.34. The van der Waals surface area contributed by atoms with Gasteiger partial charge in [0.1, 0.15) is 5.60 Å². The van der Waals surface area contributed by atoms with Crippen LogP contribution in [-0.2, 0) is 9.53 Å². The predicted molar refractivity (Wildman–Crippen MR) is 54.2 cm³/mol. The second-order valence-corrected chi connectivity index (χ2v) is 5.19. The molecule has 1 saturated heterocycles. The highest BCUT2D eigenvalue weighted by Gasteiger charge is 2.50. The number of alkyl halides is 2. The second-order valence-electron chi connectivity index (χ2n) is 5.19. The van der Waals surface area contributed by atoms with Crippen molar-refractivity contribution >= 4 is 5.78 Å². The molecule has 2 N–H and O–H groups in total. The summed E-state index contributed by atoms with van der Waals surface area (Å²) < 4.78 is 30.9. The number of ketones is 1. The van der Waals surface area contributed by atoms with Crippen LogP contribution in [0.5, 0.6) is 0 Å². The molecule has 0 aromatic heterocycles. The van der Waals surface area contributed by atoms with E-state index in [1.807, 2.05) is 0 Å². The van der Waals surface area contributed by atoms with E-state index < -0.39 is 17.6 Å². The molecule has 1 aliphatic carbocycles. The summed E-state index contributed by atoms with van der Waals surface area (Å²) in [6.45, 7) is 2.10. The number of Topliss-reactive ketones (excluding diaryl/α,β-unsaturated/α-hetero) is 1. The molecule has 3 atom stereocenters. The van der Waals surface area contributed by atoms with Gasteiger partial charge in [-0.3, -0.25) is 4.79 Å². The van der Waals surface area contributed by atoms with E-state index in [9.17, 15) is 13.6 Å². The largest absolute Gasteiger partial charge is 0.362 e. The van der Waals surface area contributed by atoms with E-state index in [1.165, 1.54) is 0 Å². The molecule has 0 unspecified atom stereocenters. The Kier molecular flexibility index (Phi) is 2.78. The Morgan fingerprint density at radius 3 is 2.69 bits per heavy atom. The molecule has 0 spiro atoms. The number of halogens is 2. The van der Waals surface area contributed by atoms with E-state index in [2.05, 4.69) is 0 Å². The number of carbonyl (C=O) groups excluding carboxylic acids is 1. The standard InChI is InChI=1S/C11H17F2NO2/c1-10(6-16-10)9(15)8(14)4-7-2-3-11(12,13)5-7/h7-8H,2-6,14H2,1H3/t7-,8+,10+/m1/s1. The van der Waals surface area contributed by atoms with Gasteiger partial charge < -0.3 is 10.5 Å². The smallest absolute Gasteiger partial charge is 0.248 e. The SMILES string of the molecule is C[C@@]1(C(=O)[C@@H](N)C[C@H]2CCC(F)(F)C2)CO1. The quantitative estimate of drug-likeness (QED) is 0.748. The van der Waals surface area contributed by atoms with Crippen molar-refractivity contribution in [2.75, 3.05) is 6.61 Å². The Bertz CT molecular complexity index is 302. The Balaban J connectivity index is 1.84. The Labute approximate surface area is 93.3 Å². The topological polar surface area (TPSA) is 55.6 Å². The molecule has 92 valence electrons. The summed E-state index contributed by atoms with van der Waals surface area (Å²) in [7, 11) is 0. The molecule has 5 heteroatoms. The molecule has 2 rings (SSSR count). The van der Waals surface area contributed by atoms with Gasteiger partial charge in [0.2, 0.25) is 5.92 Å². The number of hydrogen-bond acceptors (Lipinski definition) is 3. The summed E-state index contributed by atoms with van der Waals surface area (Å²) in [4.78, 5) is 11.7. The van der Waals surface area contributed by atoms with Crippen LogP contribution >= 0.6 is 0 Å². The van der Waals surface area contributed by atoms with E-state index in [-0.39, 0.29) is 24.5 Å². The summed E-state index contributed by atoms with van der Waals surface area (Å²) in [6.07, 6.45) is 0.608. The van der Waals surface area contributed by atoms with E-state index in [1.54, 1.807) is 6.92 Å². The highest BCUT2D eigenvalue weighted by atomic mass is 19.3. The average molecular weight is 233 g/mol. The molecule has 2 fully saturated rings. The lowest BCUT2D eigenvalue weighted by molar-refractivity contribution is -0.125. The number of hydrogen-bond donors (Lipinski definition) is 1. The van der Waals surface area contributed by atoms with Gasteiger partial charge in [0.25, 0.3) is 0 Å². The van der Waals surface area contributed by atoms with Gasteiger partial charge in [0, 0.05) is 12.8 Å². The van der Waals surface area contributed by atoms with Gasteiger partial charge in [-0.15, -0.1) is 0 Å². The molecule has 0 amide bonds. The third-order valence-electron chi connectivity index (χ3n) is 3.53. The minimum absolute atomic E-state index is 0.0770. The maximum absolute atomic E-state index is 12.9. The molecule has 2 aliphatic rings. The number of rotatable bonds is 4. The highest BCUT2D eigenvalue weighted by Crippen LogP contribution is 2.41. The highest BCUT2D eigenvalue weighted by molar-refractivity contribution is 5.93. The summed E-state index contributed by atoms with van der Waals surface area (Å²) in [5.74, 6) is -2.84. The molecule has 16 heavy (non-hydrogen) atoms. The van der Waals surface area contributed by atoms with Crippen molar-refractivity contribution in [3.05, 3.63) is 0 Å². The maximum atomic E-state index is 12.9. The lowest BCUT2D eigenvalue weighted by atomic mass is 9.91. The Morgan fingerprint density at radius 2 is 2.25 bits per heavy atom. The monoisotopic (exact) mass is 233 g/mol. The van der Waals surface area contributed by atoms with Crippen molar-refractivity contribution in [1.29, 1.82) is 0 Å². The van der Waals surface area contributed by atoms with E-state index in [0.29, 0.717) is 19.4 Å². The van der Waals surface area contributed by atoms with Crippen LogP contribution in [0.2, 0.25) is 0 Å². The summed E-state index contributed by atoms with van der Waals surface area (Å²) >= 11 is 0. The first-order valence-electron chi connectivity index (χ1n) is 5.64. The number of carbonyl (C=O) groups is 1. The van der Waals surface area contributed by atoms with Gasteiger partial charge in [-0.2, -0.15) is 0 Å². The van der Waals surface area contributed by atoms with Gasteiger partial charge in [-0.1, -0.05) is 0 Å². The predicted octanol–water partition coefficient (Wildman–Crippen LogP) is 1.50. The lowest BCUT2D eigenvalue weighted by Crippen LogP contribution is -2.40. The molecule has 0 aromatic carbocycles. The van der Waals surface area contributed by atoms with Crippen molar-refractivity contribution in [2.24, 2.45) is 11.7 Å². The first-order valence-corrected chi connectivity index (χ1v) is 5.64. The fourth-order valence-electron chi connectivity index (χ4n) is 2.35. The van der Waals surface area contributed by atoms with Gasteiger partial charge >= 0.3 is 0 Å². The van der Waals surface area contributed by atoms with Crippen LogP contribution in [0, 0.1) is 5.92 Å². The van der Waals surface area contributed by atoms with Crippen molar-refractivity contribution in [1.82, 2.24) is 0 Å². The minimum Gasteiger partial charge on any atom is -0.362 e. The van der Waals surface area contributed by atoms with Gasteiger partial charge in [0.05, 0.1) is 12.6 Å². The van der Waals surface area contributed by atoms with E-state index in [0.717, 1.165) is 0 Å². The van der Waals surface area contributed by atoms with Crippen LogP contribution in [0.3, 0.4) is 0 Å². The third kappa shape index (κ3) is 2.40. The van der Waals surface area contributed by atoms with Crippen molar-refractivity contribution in [3.63, 3.8) is 0 Å². The molecule has 1 aliphatic heterocycles. The maximum Gasteiger partial charge on any atom is 0.248 e. The normalized spacial score (nSPS) is 38.4. The van der Waals surface area contributed by atoms with Crippen LogP contribution in [-0.4, -0.2) is 30.0 Å². The molecule has 0 bridgehead atoms. The van der Waals surface area contributed by atoms with Gasteiger partial charge in [0.15, 0.2) is 5.78 Å². The summed E-state index contributed by atoms with van der Waals surface area (Å²) in [5.41, 5.74) is 5.00. The molecule has 3 nitrogen and oxygen atoms in total. The molecule has 1 heterocycles. The van der Waals surface area contributed by atoms with Crippen molar-refractivity contribution in [2.45, 2.75) is 50.2 Å². The van der Waals surface area contributed by atoms with Crippen LogP contribution in [0.1, 0.15) is 32.6 Å². The van der Waals surface area contributed by atoms with Crippen LogP contribution in [0.4, 0.5) is 8.78 Å². The molecule has 0 radical (unpaired) electrons. The average Bonchev–Trinajstić information content (AvgIpc) is 2.84. The second kappa shape index (κ2) is 3.74. The van der Waals surface area contributed by atoms with E-state index in [4.69, 9.17) is 10.5 Å². The first kappa shape index (κ1) is 11.9. The molecule has 0 aromatic rings. The Hall–Kier alpha value is -0.550. The zero-order chi connectivity index (χ0) is 12.0. The zero-order valence-electron chi connectivity index (χ0n) is 9.34. The fourth-order valence-corrected chi connectivity index (χ4v) is 2.35. The van der Waals surface area contributed by atoms with Crippen LogP contribution in [0.15, 0.2) is 0 Å². The van der Waals surface area contributed by atoms with Crippen LogP contribution in [0.25, 0.3) is 0 Å². The minimum atomic E-state index is -2.56. The lowest BCUT2D eigenvalue weighted by Gasteiger charge is -2.17. The van der Waals surface area contributed by atoms with Crippen LogP contribution < -0.4 is 5.73 Å².